The number of hydrogen-bond acceptors (Lipinski definition) is 6. The molecule has 0 fully saturated rings. The van der Waals surface area contributed by atoms with Crippen molar-refractivity contribution >= 4 is 27.9 Å². The van der Waals surface area contributed by atoms with Crippen LogP contribution >= 0.6 is 0 Å². The molecule has 5 rings (SSSR count). The maximum Gasteiger partial charge on any atom is 0.307 e. The maximum atomic E-state index is 13.4. The molecule has 0 aliphatic rings. The lowest BCUT2D eigenvalue weighted by Crippen LogP contribution is -2.06. The van der Waals surface area contributed by atoms with Crippen LogP contribution in [0.5, 0.6) is 11.5 Å². The molecule has 0 spiro atoms. The number of ether oxygens (including phenoxy) is 2. The molecule has 170 valence electrons. The molecule has 0 aliphatic carbocycles. The zero-order valence-electron chi connectivity index (χ0n) is 18.5. The third-order valence-corrected chi connectivity index (χ3v) is 5.77. The Kier molecular flexibility index (Phi) is 5.30. The van der Waals surface area contributed by atoms with Gasteiger partial charge in [-0.15, -0.1) is 0 Å². The first kappa shape index (κ1) is 21.3. The Balaban J connectivity index is 1.78. The van der Waals surface area contributed by atoms with E-state index in [1.807, 2.05) is 12.1 Å². The molecule has 0 aliphatic heterocycles. The van der Waals surface area contributed by atoms with Crippen LogP contribution in [-0.2, 0) is 11.2 Å². The first-order valence-electron chi connectivity index (χ1n) is 10.5. The number of carboxylic acid groups (broad SMARTS) is 1. The Morgan fingerprint density at radius 2 is 1.71 bits per heavy atom. The fourth-order valence-electron chi connectivity index (χ4n) is 4.19. The van der Waals surface area contributed by atoms with Crippen molar-refractivity contribution < 1.29 is 28.2 Å². The molecule has 34 heavy (non-hydrogen) atoms. The number of methoxy groups -OCH3 is 2. The summed E-state index contributed by atoms with van der Waals surface area (Å²) in [4.78, 5) is 25.2. The van der Waals surface area contributed by atoms with Crippen LogP contribution in [0.4, 0.5) is 0 Å². The summed E-state index contributed by atoms with van der Waals surface area (Å²) in [7, 11) is 3.11. The highest BCUT2D eigenvalue weighted by atomic mass is 16.5. The van der Waals surface area contributed by atoms with Gasteiger partial charge in [-0.2, -0.15) is 0 Å². The summed E-state index contributed by atoms with van der Waals surface area (Å²) in [5.41, 5.74) is 2.55. The summed E-state index contributed by atoms with van der Waals surface area (Å²) in [5, 5.41) is 10.4. The van der Waals surface area contributed by atoms with Crippen molar-refractivity contribution in [1.82, 2.24) is 0 Å². The van der Waals surface area contributed by atoms with Gasteiger partial charge in [-0.05, 0) is 42.5 Å². The highest BCUT2D eigenvalue weighted by Gasteiger charge is 2.23. The van der Waals surface area contributed by atoms with Crippen LogP contribution < -0.4 is 14.9 Å². The number of benzene rings is 3. The summed E-state index contributed by atoms with van der Waals surface area (Å²) >= 11 is 0. The van der Waals surface area contributed by atoms with Gasteiger partial charge in [0.05, 0.1) is 37.0 Å². The molecule has 1 N–H and O–H groups in total. The predicted octanol–water partition coefficient (Wildman–Crippen LogP) is 5.52. The third kappa shape index (κ3) is 3.47. The van der Waals surface area contributed by atoms with E-state index in [9.17, 15) is 14.7 Å². The minimum Gasteiger partial charge on any atom is -0.497 e. The number of para-hydroxylation sites is 1. The lowest BCUT2D eigenvalue weighted by Gasteiger charge is -2.08. The Bertz CT molecular complexity index is 1590. The van der Waals surface area contributed by atoms with Gasteiger partial charge in [0.2, 0.25) is 5.43 Å². The Labute approximate surface area is 193 Å². The number of aliphatic carboxylic acids is 1. The molecule has 0 unspecified atom stereocenters. The van der Waals surface area contributed by atoms with Crippen LogP contribution in [0.25, 0.3) is 44.4 Å². The van der Waals surface area contributed by atoms with E-state index in [4.69, 9.17) is 18.3 Å². The lowest BCUT2D eigenvalue weighted by molar-refractivity contribution is -0.136. The van der Waals surface area contributed by atoms with E-state index in [0.717, 1.165) is 0 Å². The molecule has 7 nitrogen and oxygen atoms in total. The highest BCUT2D eigenvalue weighted by molar-refractivity contribution is 6.08. The fraction of sp³-hybridized carbons (Fsp3) is 0.111. The lowest BCUT2D eigenvalue weighted by atomic mass is 9.99. The van der Waals surface area contributed by atoms with Crippen LogP contribution in [-0.4, -0.2) is 25.3 Å². The highest BCUT2D eigenvalue weighted by Crippen LogP contribution is 2.39. The van der Waals surface area contributed by atoms with Gasteiger partial charge >= 0.3 is 5.97 Å². The van der Waals surface area contributed by atoms with Gasteiger partial charge in [0, 0.05) is 16.7 Å². The second-order valence-corrected chi connectivity index (χ2v) is 7.70. The van der Waals surface area contributed by atoms with Crippen LogP contribution in [0.1, 0.15) is 5.56 Å². The monoisotopic (exact) mass is 456 g/mol. The van der Waals surface area contributed by atoms with Crippen molar-refractivity contribution in [3.63, 3.8) is 0 Å². The van der Waals surface area contributed by atoms with Crippen molar-refractivity contribution in [3.8, 4) is 33.9 Å². The smallest absolute Gasteiger partial charge is 0.307 e. The SMILES string of the molecule is COc1ccc(-c2oc3ccc4c(=O)c(-c5ccccc5OC)coc4c3c2CC(=O)O)cc1. The molecule has 7 heteroatoms. The number of carboxylic acids is 1. The average Bonchev–Trinajstić information content (AvgIpc) is 3.22. The quantitative estimate of drug-likeness (QED) is 0.359. The standard InChI is InChI=1S/C27H20O7/c1-31-16-9-7-15(8-10-16)26-19(13-23(28)29)24-22(34-26)12-11-18-25(30)20(14-33-27(18)24)17-5-3-4-6-21(17)32-2/h3-12,14H,13H2,1-2H3,(H,28,29). The Morgan fingerprint density at radius 1 is 0.941 bits per heavy atom. The minimum atomic E-state index is -1.03. The van der Waals surface area contributed by atoms with Crippen LogP contribution in [0.3, 0.4) is 0 Å². The second kappa shape index (κ2) is 8.44. The fourth-order valence-corrected chi connectivity index (χ4v) is 4.19. The minimum absolute atomic E-state index is 0.249. The molecule has 2 aromatic heterocycles. The Hall–Kier alpha value is -4.52. The first-order chi connectivity index (χ1) is 16.5. The van der Waals surface area contributed by atoms with Crippen molar-refractivity contribution in [2.45, 2.75) is 6.42 Å². The second-order valence-electron chi connectivity index (χ2n) is 7.70. The van der Waals surface area contributed by atoms with Crippen molar-refractivity contribution in [2.24, 2.45) is 0 Å². The van der Waals surface area contributed by atoms with Crippen molar-refractivity contribution in [2.75, 3.05) is 14.2 Å². The number of fused-ring (bicyclic) bond motifs is 3. The van der Waals surface area contributed by atoms with Crippen LogP contribution in [0.15, 0.2) is 80.6 Å². The Morgan fingerprint density at radius 3 is 2.41 bits per heavy atom. The van der Waals surface area contributed by atoms with Gasteiger partial charge in [-0.3, -0.25) is 9.59 Å². The van der Waals surface area contributed by atoms with E-state index < -0.39 is 5.97 Å². The molecule has 0 saturated heterocycles. The summed E-state index contributed by atoms with van der Waals surface area (Å²) in [6.07, 6.45) is 1.08. The predicted molar refractivity (Wildman–Crippen MR) is 128 cm³/mol. The van der Waals surface area contributed by atoms with Crippen LogP contribution in [0, 0.1) is 0 Å². The van der Waals surface area contributed by atoms with Gasteiger partial charge in [0.15, 0.2) is 0 Å². The van der Waals surface area contributed by atoms with Crippen LogP contribution in [0.2, 0.25) is 0 Å². The number of furan rings is 1. The van der Waals surface area contributed by atoms with Gasteiger partial charge < -0.3 is 23.4 Å². The van der Waals surface area contributed by atoms with E-state index in [-0.39, 0.29) is 17.4 Å². The molecule has 0 bridgehead atoms. The molecular weight excluding hydrogens is 436 g/mol. The normalized spacial score (nSPS) is 11.1. The van der Waals surface area contributed by atoms with E-state index in [1.165, 1.54) is 13.4 Å². The van der Waals surface area contributed by atoms with Gasteiger partial charge in [-0.25, -0.2) is 0 Å². The van der Waals surface area contributed by atoms with Gasteiger partial charge in [0.25, 0.3) is 0 Å². The third-order valence-electron chi connectivity index (χ3n) is 5.77. The first-order valence-corrected chi connectivity index (χ1v) is 10.5. The molecule has 0 amide bonds. The molecule has 3 aromatic carbocycles. The summed E-state index contributed by atoms with van der Waals surface area (Å²) in [5.74, 6) is 0.596. The molecule has 5 aromatic rings. The topological polar surface area (TPSA) is 99.1 Å². The number of hydrogen-bond donors (Lipinski definition) is 1. The maximum absolute atomic E-state index is 13.4. The zero-order valence-corrected chi connectivity index (χ0v) is 18.5. The number of carbonyl (C=O) groups is 1. The molecular formula is C27H20O7. The molecule has 0 atom stereocenters. The summed E-state index contributed by atoms with van der Waals surface area (Å²) in [6, 6.07) is 17.6. The molecule has 0 saturated carbocycles. The van der Waals surface area contributed by atoms with Crippen molar-refractivity contribution in [1.29, 1.82) is 0 Å². The number of rotatable bonds is 6. The van der Waals surface area contributed by atoms with Gasteiger partial charge in [0.1, 0.15) is 34.7 Å². The van der Waals surface area contributed by atoms with E-state index in [2.05, 4.69) is 0 Å². The average molecular weight is 456 g/mol. The summed E-state index contributed by atoms with van der Waals surface area (Å²) < 4.78 is 22.7. The van der Waals surface area contributed by atoms with Gasteiger partial charge in [-0.1, -0.05) is 18.2 Å². The van der Waals surface area contributed by atoms with E-state index in [0.29, 0.717) is 55.9 Å². The summed E-state index contributed by atoms with van der Waals surface area (Å²) in [6.45, 7) is 0. The largest absolute Gasteiger partial charge is 0.497 e. The molecule has 2 heterocycles. The molecule has 0 radical (unpaired) electrons. The van der Waals surface area contributed by atoms with Crippen molar-refractivity contribution in [3.05, 3.63) is 82.7 Å². The zero-order chi connectivity index (χ0) is 23.8. The van der Waals surface area contributed by atoms with E-state index in [1.54, 1.807) is 55.6 Å². The van der Waals surface area contributed by atoms with E-state index >= 15 is 0 Å².